The summed E-state index contributed by atoms with van der Waals surface area (Å²) < 4.78 is 0. The molecule has 0 atom stereocenters. The van der Waals surface area contributed by atoms with Crippen molar-refractivity contribution in [3.05, 3.63) is 57.6 Å². The first-order valence-corrected chi connectivity index (χ1v) is 13.2. The van der Waals surface area contributed by atoms with Crippen LogP contribution in [0.1, 0.15) is 130 Å². The van der Waals surface area contributed by atoms with E-state index in [-0.39, 0.29) is 27.1 Å². The number of hydrogen-bond donors (Lipinski definition) is 2. The van der Waals surface area contributed by atoms with Crippen LogP contribution in [0.15, 0.2) is 34.1 Å². The summed E-state index contributed by atoms with van der Waals surface area (Å²) in [4.78, 5) is 2.21. The highest BCUT2D eigenvalue weighted by molar-refractivity contribution is 7.80. The minimum atomic E-state index is -0.253. The van der Waals surface area contributed by atoms with Gasteiger partial charge in [0.05, 0.1) is 0 Å². The van der Waals surface area contributed by atoms with Gasteiger partial charge in [0, 0.05) is 15.2 Å². The lowest BCUT2D eigenvalue weighted by Gasteiger charge is -2.37. The second-order valence-corrected chi connectivity index (χ2v) is 15.4. The van der Waals surface area contributed by atoms with Crippen molar-refractivity contribution >= 4 is 25.3 Å². The molecule has 0 fully saturated rings. The fourth-order valence-electron chi connectivity index (χ4n) is 4.38. The van der Waals surface area contributed by atoms with E-state index in [4.69, 9.17) is 25.3 Å². The molecule has 0 unspecified atom stereocenters. The predicted octanol–water partition coefficient (Wildman–Crippen LogP) is 9.78. The molecule has 0 amide bonds. The zero-order valence-corrected chi connectivity index (χ0v) is 25.5. The van der Waals surface area contributed by atoms with Crippen LogP contribution in [-0.2, 0) is 27.1 Å². The lowest BCUT2D eigenvalue weighted by molar-refractivity contribution is 0.529. The van der Waals surface area contributed by atoms with E-state index in [1.165, 1.54) is 33.4 Å². The van der Waals surface area contributed by atoms with E-state index in [1.807, 2.05) is 0 Å². The smallest absolute Gasteiger partial charge is 0.0168 e. The van der Waals surface area contributed by atoms with Crippen molar-refractivity contribution in [1.82, 2.24) is 0 Å². The molecule has 0 saturated carbocycles. The third-order valence-electron chi connectivity index (χ3n) is 6.91. The van der Waals surface area contributed by atoms with Gasteiger partial charge in [-0.15, -0.1) is 25.3 Å². The van der Waals surface area contributed by atoms with Crippen molar-refractivity contribution in [1.29, 1.82) is 0 Å². The SMILES string of the molecule is CC(C)(C)c1cc(C(C)(C)C)c(S)c(C(C)(C)c2cc(C(C)(C)C)cc(C(C)(C)C)c2S)c1. The zero-order chi connectivity index (χ0) is 25.9. The molecule has 184 valence electrons. The van der Waals surface area contributed by atoms with Crippen molar-refractivity contribution in [2.45, 2.75) is 134 Å². The van der Waals surface area contributed by atoms with Gasteiger partial charge >= 0.3 is 0 Å². The Balaban J connectivity index is 3.00. The summed E-state index contributed by atoms with van der Waals surface area (Å²) in [5.41, 5.74) is 7.78. The Morgan fingerprint density at radius 3 is 0.848 bits per heavy atom. The van der Waals surface area contributed by atoms with Crippen LogP contribution in [0.4, 0.5) is 0 Å². The van der Waals surface area contributed by atoms with Crippen LogP contribution in [-0.4, -0.2) is 0 Å². The molecule has 2 heteroatoms. The molecule has 33 heavy (non-hydrogen) atoms. The standard InChI is InChI=1S/C31H48S2/c1-27(2,3)19-15-21(29(7,8)9)25(32)23(17-19)31(13,14)24-18-20(28(4,5)6)16-22(26(24)33)30(10,11)12/h15-18,32-33H,1-14H3. The highest BCUT2D eigenvalue weighted by atomic mass is 32.1. The molecule has 2 aromatic carbocycles. The van der Waals surface area contributed by atoms with Gasteiger partial charge in [-0.05, 0) is 55.0 Å². The number of thiol groups is 2. The molecule has 0 aromatic heterocycles. The lowest BCUT2D eigenvalue weighted by Crippen LogP contribution is -2.27. The van der Waals surface area contributed by atoms with E-state index in [9.17, 15) is 0 Å². The molecule has 0 radical (unpaired) electrons. The van der Waals surface area contributed by atoms with Crippen LogP contribution in [0, 0.1) is 0 Å². The Labute approximate surface area is 216 Å². The van der Waals surface area contributed by atoms with E-state index in [1.54, 1.807) is 0 Å². The maximum absolute atomic E-state index is 5.17. The summed E-state index contributed by atoms with van der Waals surface area (Å²) in [5, 5.41) is 0. The van der Waals surface area contributed by atoms with E-state index in [0.717, 1.165) is 9.79 Å². The largest absolute Gasteiger partial charge is 0.143 e. The maximum Gasteiger partial charge on any atom is 0.0168 e. The maximum atomic E-state index is 5.17. The minimum absolute atomic E-state index is 0.0107. The first-order chi connectivity index (χ1) is 14.5. The highest BCUT2D eigenvalue weighted by Crippen LogP contribution is 2.46. The molecule has 0 heterocycles. The monoisotopic (exact) mass is 484 g/mol. The van der Waals surface area contributed by atoms with E-state index >= 15 is 0 Å². The average Bonchev–Trinajstić information content (AvgIpc) is 2.57. The summed E-state index contributed by atoms with van der Waals surface area (Å²) >= 11 is 10.3. The molecule has 0 saturated heterocycles. The van der Waals surface area contributed by atoms with Crippen molar-refractivity contribution in [2.24, 2.45) is 0 Å². The number of hydrogen-bond acceptors (Lipinski definition) is 2. The van der Waals surface area contributed by atoms with Gasteiger partial charge in [-0.2, -0.15) is 0 Å². The Kier molecular flexibility index (Phi) is 7.45. The van der Waals surface area contributed by atoms with Crippen LogP contribution in [0.25, 0.3) is 0 Å². The number of rotatable bonds is 2. The molecule has 0 bridgehead atoms. The molecular formula is C31H48S2. The molecule has 0 nitrogen and oxygen atoms in total. The summed E-state index contributed by atoms with van der Waals surface area (Å²) in [6.07, 6.45) is 0. The Hall–Kier alpha value is -0.860. The molecule has 0 aliphatic heterocycles. The van der Waals surface area contributed by atoms with Crippen LogP contribution in [0.5, 0.6) is 0 Å². The zero-order valence-electron chi connectivity index (χ0n) is 23.7. The number of benzene rings is 2. The second-order valence-electron chi connectivity index (χ2n) is 14.5. The van der Waals surface area contributed by atoms with Crippen molar-refractivity contribution in [3.8, 4) is 0 Å². The first kappa shape index (κ1) is 28.4. The predicted molar refractivity (Wildman–Crippen MR) is 154 cm³/mol. The summed E-state index contributed by atoms with van der Waals surface area (Å²) in [7, 11) is 0. The van der Waals surface area contributed by atoms with Crippen LogP contribution < -0.4 is 0 Å². The quantitative estimate of drug-likeness (QED) is 0.389. The molecule has 0 N–H and O–H groups in total. The molecule has 2 aromatic rings. The molecule has 0 aliphatic carbocycles. The van der Waals surface area contributed by atoms with Gasteiger partial charge in [0.15, 0.2) is 0 Å². The van der Waals surface area contributed by atoms with Gasteiger partial charge < -0.3 is 0 Å². The lowest BCUT2D eigenvalue weighted by atomic mass is 9.70. The van der Waals surface area contributed by atoms with Gasteiger partial charge in [0.1, 0.15) is 0 Å². The van der Waals surface area contributed by atoms with Crippen molar-refractivity contribution in [3.63, 3.8) is 0 Å². The van der Waals surface area contributed by atoms with Gasteiger partial charge in [-0.3, -0.25) is 0 Å². The fraction of sp³-hybridized carbons (Fsp3) is 0.613. The van der Waals surface area contributed by atoms with Gasteiger partial charge in [-0.25, -0.2) is 0 Å². The summed E-state index contributed by atoms with van der Waals surface area (Å²) in [6, 6.07) is 9.53. The molecule has 2 rings (SSSR count). The fourth-order valence-corrected chi connectivity index (χ4v) is 5.86. The van der Waals surface area contributed by atoms with Gasteiger partial charge in [-0.1, -0.05) is 121 Å². The van der Waals surface area contributed by atoms with Gasteiger partial charge in [0.25, 0.3) is 0 Å². The summed E-state index contributed by atoms with van der Waals surface area (Å²) in [6.45, 7) is 32.2. The molecule has 0 spiro atoms. The third kappa shape index (κ3) is 5.87. The Morgan fingerprint density at radius 1 is 0.394 bits per heavy atom. The van der Waals surface area contributed by atoms with E-state index in [0.29, 0.717) is 0 Å². The summed E-state index contributed by atoms with van der Waals surface area (Å²) in [5.74, 6) is 0. The third-order valence-corrected chi connectivity index (χ3v) is 7.88. The topological polar surface area (TPSA) is 0 Å². The Bertz CT molecular complexity index is 944. The van der Waals surface area contributed by atoms with Crippen molar-refractivity contribution < 1.29 is 0 Å². The molecule has 0 aliphatic rings. The minimum Gasteiger partial charge on any atom is -0.143 e. The van der Waals surface area contributed by atoms with Gasteiger partial charge in [0.2, 0.25) is 0 Å². The highest BCUT2D eigenvalue weighted by Gasteiger charge is 2.35. The normalized spacial score (nSPS) is 14.1. The van der Waals surface area contributed by atoms with Crippen LogP contribution >= 0.6 is 25.3 Å². The Morgan fingerprint density at radius 2 is 0.636 bits per heavy atom. The van der Waals surface area contributed by atoms with E-state index in [2.05, 4.69) is 121 Å². The van der Waals surface area contributed by atoms with Crippen molar-refractivity contribution in [2.75, 3.05) is 0 Å². The molecular weight excluding hydrogens is 436 g/mol. The first-order valence-electron chi connectivity index (χ1n) is 12.3. The van der Waals surface area contributed by atoms with Crippen LogP contribution in [0.3, 0.4) is 0 Å². The van der Waals surface area contributed by atoms with E-state index < -0.39 is 0 Å². The average molecular weight is 485 g/mol. The van der Waals surface area contributed by atoms with Crippen LogP contribution in [0.2, 0.25) is 0 Å². The second kappa shape index (κ2) is 8.66.